The summed E-state index contributed by atoms with van der Waals surface area (Å²) in [6, 6.07) is 0. The van der Waals surface area contributed by atoms with E-state index < -0.39 is 0 Å². The minimum absolute atomic E-state index is 0.0508. The lowest BCUT2D eigenvalue weighted by molar-refractivity contribution is -0.154. The molecule has 0 saturated heterocycles. The van der Waals surface area contributed by atoms with Gasteiger partial charge in [-0.25, -0.2) is 0 Å². The van der Waals surface area contributed by atoms with Gasteiger partial charge in [-0.1, -0.05) is 27.7 Å². The Bertz CT molecular complexity index is 277. The van der Waals surface area contributed by atoms with E-state index in [0.29, 0.717) is 5.41 Å². The number of ether oxygens (including phenoxy) is 1. The van der Waals surface area contributed by atoms with Crippen LogP contribution < -0.4 is 5.32 Å². The summed E-state index contributed by atoms with van der Waals surface area (Å²) in [5.74, 6) is 0.838. The lowest BCUT2D eigenvalue weighted by atomic mass is 9.68. The van der Waals surface area contributed by atoms with Crippen molar-refractivity contribution < 1.29 is 4.74 Å². The molecule has 0 spiro atoms. The molecule has 120 valence electrons. The van der Waals surface area contributed by atoms with Gasteiger partial charge < -0.3 is 10.1 Å². The molecule has 2 heteroatoms. The first kappa shape index (κ1) is 18.0. The van der Waals surface area contributed by atoms with Crippen LogP contribution in [-0.2, 0) is 4.74 Å². The predicted molar refractivity (Wildman–Crippen MR) is 88.1 cm³/mol. The number of rotatable bonds is 5. The van der Waals surface area contributed by atoms with Crippen molar-refractivity contribution in [2.45, 2.75) is 91.8 Å². The minimum Gasteiger partial charge on any atom is -0.368 e. The molecule has 20 heavy (non-hydrogen) atoms. The smallest absolute Gasteiger partial charge is 0.0813 e. The second-order valence-electron chi connectivity index (χ2n) is 8.71. The van der Waals surface area contributed by atoms with Gasteiger partial charge in [0.15, 0.2) is 0 Å². The summed E-state index contributed by atoms with van der Waals surface area (Å²) >= 11 is 0. The Balaban J connectivity index is 2.67. The lowest BCUT2D eigenvalue weighted by Gasteiger charge is -2.47. The third-order valence-corrected chi connectivity index (χ3v) is 4.52. The maximum Gasteiger partial charge on any atom is 0.0813 e. The van der Waals surface area contributed by atoms with Gasteiger partial charge in [0, 0.05) is 6.54 Å². The molecule has 1 aliphatic carbocycles. The molecule has 1 aliphatic rings. The SMILES string of the molecule is CCCNCC1(OC(C)(C)C)CCC(C(C)(C)C)CC1. The molecule has 0 unspecified atom stereocenters. The summed E-state index contributed by atoms with van der Waals surface area (Å²) in [6.45, 7) is 18.0. The highest BCUT2D eigenvalue weighted by Gasteiger charge is 2.41. The van der Waals surface area contributed by atoms with Gasteiger partial charge in [-0.3, -0.25) is 0 Å². The van der Waals surface area contributed by atoms with Crippen molar-refractivity contribution >= 4 is 0 Å². The van der Waals surface area contributed by atoms with Crippen LogP contribution in [-0.4, -0.2) is 24.3 Å². The maximum absolute atomic E-state index is 6.51. The first-order valence-corrected chi connectivity index (χ1v) is 8.49. The molecule has 0 heterocycles. The first-order valence-electron chi connectivity index (χ1n) is 8.49. The van der Waals surface area contributed by atoms with Crippen LogP contribution in [0.2, 0.25) is 0 Å². The van der Waals surface area contributed by atoms with Crippen LogP contribution in [0.5, 0.6) is 0 Å². The van der Waals surface area contributed by atoms with Crippen molar-refractivity contribution in [3.8, 4) is 0 Å². The fourth-order valence-electron chi connectivity index (χ4n) is 3.47. The highest BCUT2D eigenvalue weighted by molar-refractivity contribution is 4.93. The molecule has 0 amide bonds. The van der Waals surface area contributed by atoms with E-state index in [1.807, 2.05) is 0 Å². The average molecular weight is 284 g/mol. The van der Waals surface area contributed by atoms with E-state index in [1.165, 1.54) is 32.1 Å². The maximum atomic E-state index is 6.51. The molecule has 0 atom stereocenters. The normalized spacial score (nSPS) is 28.6. The monoisotopic (exact) mass is 283 g/mol. The van der Waals surface area contributed by atoms with Crippen molar-refractivity contribution in [2.24, 2.45) is 11.3 Å². The Morgan fingerprint density at radius 1 is 1.05 bits per heavy atom. The van der Waals surface area contributed by atoms with Gasteiger partial charge in [-0.15, -0.1) is 0 Å². The zero-order valence-corrected chi connectivity index (χ0v) is 14.9. The second kappa shape index (κ2) is 6.79. The Hall–Kier alpha value is -0.0800. The number of nitrogens with one attached hydrogen (secondary N) is 1. The Labute approximate surface area is 127 Å². The highest BCUT2D eigenvalue weighted by atomic mass is 16.5. The highest BCUT2D eigenvalue weighted by Crippen LogP contribution is 2.43. The van der Waals surface area contributed by atoms with E-state index in [1.54, 1.807) is 0 Å². The molecule has 0 aliphatic heterocycles. The molecule has 2 nitrogen and oxygen atoms in total. The van der Waals surface area contributed by atoms with Crippen LogP contribution in [0.3, 0.4) is 0 Å². The summed E-state index contributed by atoms with van der Waals surface area (Å²) in [6.07, 6.45) is 6.18. The number of hydrogen-bond acceptors (Lipinski definition) is 2. The molecule has 1 N–H and O–H groups in total. The average Bonchev–Trinajstić information content (AvgIpc) is 2.26. The van der Waals surface area contributed by atoms with Crippen molar-refractivity contribution in [1.29, 1.82) is 0 Å². The standard InChI is InChI=1S/C18H37NO/c1-8-13-19-14-18(20-17(5,6)7)11-9-15(10-12-18)16(2,3)4/h15,19H,8-14H2,1-7H3. The van der Waals surface area contributed by atoms with Crippen molar-refractivity contribution in [2.75, 3.05) is 13.1 Å². The molecular weight excluding hydrogens is 246 g/mol. The molecule has 1 rings (SSSR count). The molecule has 0 aromatic heterocycles. The topological polar surface area (TPSA) is 21.3 Å². The quantitative estimate of drug-likeness (QED) is 0.733. The summed E-state index contributed by atoms with van der Waals surface area (Å²) in [5, 5.41) is 3.60. The summed E-state index contributed by atoms with van der Waals surface area (Å²) in [4.78, 5) is 0. The van der Waals surface area contributed by atoms with Gasteiger partial charge in [0.25, 0.3) is 0 Å². The number of hydrogen-bond donors (Lipinski definition) is 1. The van der Waals surface area contributed by atoms with Crippen LogP contribution in [0.1, 0.15) is 80.6 Å². The fraction of sp³-hybridized carbons (Fsp3) is 1.00. The Morgan fingerprint density at radius 3 is 2.00 bits per heavy atom. The van der Waals surface area contributed by atoms with Gasteiger partial charge in [-0.05, 0) is 70.8 Å². The summed E-state index contributed by atoms with van der Waals surface area (Å²) in [7, 11) is 0. The van der Waals surface area contributed by atoms with Crippen LogP contribution in [0.4, 0.5) is 0 Å². The third kappa shape index (κ3) is 5.73. The molecule has 0 aromatic carbocycles. The van der Waals surface area contributed by atoms with Gasteiger partial charge in [0.1, 0.15) is 0 Å². The fourth-order valence-corrected chi connectivity index (χ4v) is 3.47. The van der Waals surface area contributed by atoms with Gasteiger partial charge in [0.2, 0.25) is 0 Å². The van der Waals surface area contributed by atoms with Crippen LogP contribution >= 0.6 is 0 Å². The molecular formula is C18H37NO. The Kier molecular flexibility index (Phi) is 6.10. The molecule has 0 radical (unpaired) electrons. The molecule has 0 aromatic rings. The van der Waals surface area contributed by atoms with Crippen LogP contribution in [0.25, 0.3) is 0 Å². The van der Waals surface area contributed by atoms with E-state index >= 15 is 0 Å². The summed E-state index contributed by atoms with van der Waals surface area (Å²) in [5.41, 5.74) is 0.433. The van der Waals surface area contributed by atoms with Crippen LogP contribution in [0.15, 0.2) is 0 Å². The van der Waals surface area contributed by atoms with E-state index in [2.05, 4.69) is 53.8 Å². The van der Waals surface area contributed by atoms with Gasteiger partial charge >= 0.3 is 0 Å². The first-order chi connectivity index (χ1) is 9.08. The molecule has 1 fully saturated rings. The van der Waals surface area contributed by atoms with E-state index in [0.717, 1.165) is 19.0 Å². The van der Waals surface area contributed by atoms with Crippen molar-refractivity contribution in [3.05, 3.63) is 0 Å². The molecule has 0 bridgehead atoms. The zero-order valence-electron chi connectivity index (χ0n) is 14.9. The van der Waals surface area contributed by atoms with E-state index in [-0.39, 0.29) is 11.2 Å². The zero-order chi connectivity index (χ0) is 15.4. The summed E-state index contributed by atoms with van der Waals surface area (Å²) < 4.78 is 6.51. The van der Waals surface area contributed by atoms with Gasteiger partial charge in [-0.2, -0.15) is 0 Å². The van der Waals surface area contributed by atoms with Gasteiger partial charge in [0.05, 0.1) is 11.2 Å². The minimum atomic E-state index is -0.0531. The lowest BCUT2D eigenvalue weighted by Crippen LogP contribution is -2.50. The second-order valence-corrected chi connectivity index (χ2v) is 8.71. The van der Waals surface area contributed by atoms with E-state index in [9.17, 15) is 0 Å². The third-order valence-electron chi connectivity index (χ3n) is 4.52. The van der Waals surface area contributed by atoms with Crippen LogP contribution in [0, 0.1) is 11.3 Å². The van der Waals surface area contributed by atoms with Crippen molar-refractivity contribution in [3.63, 3.8) is 0 Å². The largest absolute Gasteiger partial charge is 0.368 e. The Morgan fingerprint density at radius 2 is 1.60 bits per heavy atom. The van der Waals surface area contributed by atoms with Crippen molar-refractivity contribution in [1.82, 2.24) is 5.32 Å². The molecule has 1 saturated carbocycles. The predicted octanol–water partition coefficient (Wildman–Crippen LogP) is 4.78. The van der Waals surface area contributed by atoms with E-state index in [4.69, 9.17) is 4.74 Å².